The number of methoxy groups -OCH3 is 2. The van der Waals surface area contributed by atoms with Crippen molar-refractivity contribution in [3.63, 3.8) is 0 Å². The van der Waals surface area contributed by atoms with Gasteiger partial charge in [-0.3, -0.25) is 9.69 Å². The van der Waals surface area contributed by atoms with E-state index in [-0.39, 0.29) is 18.0 Å². The molecule has 1 aliphatic heterocycles. The fraction of sp³-hybridized carbons (Fsp3) is 0.192. The van der Waals surface area contributed by atoms with Crippen LogP contribution in [0.1, 0.15) is 40.0 Å². The lowest BCUT2D eigenvalue weighted by molar-refractivity contribution is 0.0963. The number of rotatable bonds is 5. The summed E-state index contributed by atoms with van der Waals surface area (Å²) in [7, 11) is 3.24. The first-order valence-electron chi connectivity index (χ1n) is 10.8. The van der Waals surface area contributed by atoms with E-state index in [9.17, 15) is 4.79 Å². The van der Waals surface area contributed by atoms with E-state index in [1.165, 1.54) is 6.33 Å². The highest BCUT2D eigenvalue weighted by Crippen LogP contribution is 2.42. The number of carbonyl (C=O) groups is 1. The molecule has 0 fully saturated rings. The number of amides is 1. The molecule has 0 aliphatic carbocycles. The van der Waals surface area contributed by atoms with Crippen LogP contribution in [0.15, 0.2) is 85.2 Å². The zero-order chi connectivity index (χ0) is 22.8. The molecule has 1 aliphatic rings. The molecule has 166 valence electrons. The Morgan fingerprint density at radius 3 is 2.30 bits per heavy atom. The minimum atomic E-state index is -0.214. The van der Waals surface area contributed by atoms with Gasteiger partial charge in [0.05, 0.1) is 26.3 Å². The lowest BCUT2D eigenvalue weighted by Gasteiger charge is -2.39. The summed E-state index contributed by atoms with van der Waals surface area (Å²) in [5.74, 6) is 1.79. The Hall–Kier alpha value is -4.13. The summed E-state index contributed by atoms with van der Waals surface area (Å²) in [4.78, 5) is 20.1. The predicted octanol–water partition coefficient (Wildman–Crippen LogP) is 4.68. The first-order valence-corrected chi connectivity index (χ1v) is 10.8. The van der Waals surface area contributed by atoms with E-state index in [1.54, 1.807) is 31.3 Å². The van der Waals surface area contributed by atoms with E-state index in [0.29, 0.717) is 23.7 Å². The number of hydrogen-bond donors (Lipinski definition) is 0. The van der Waals surface area contributed by atoms with Gasteiger partial charge in [-0.1, -0.05) is 48.5 Å². The van der Waals surface area contributed by atoms with Crippen LogP contribution < -0.4 is 14.4 Å². The van der Waals surface area contributed by atoms with Crippen molar-refractivity contribution in [3.8, 4) is 11.5 Å². The molecule has 4 aromatic rings. The number of nitrogens with zero attached hydrogens (tertiary/aromatic N) is 4. The molecule has 3 aromatic carbocycles. The SMILES string of the molecule is COc1ccc(C2CC(c3ccccc3)N(C(=O)c3cccc(OC)c3)c3ncnn32)cc1. The summed E-state index contributed by atoms with van der Waals surface area (Å²) in [5.41, 5.74) is 2.66. The summed E-state index contributed by atoms with van der Waals surface area (Å²) in [5, 5.41) is 4.50. The Morgan fingerprint density at radius 1 is 0.848 bits per heavy atom. The molecule has 7 nitrogen and oxygen atoms in total. The summed E-state index contributed by atoms with van der Waals surface area (Å²) >= 11 is 0. The molecule has 1 amide bonds. The molecule has 2 atom stereocenters. The molecule has 0 spiro atoms. The van der Waals surface area contributed by atoms with Crippen molar-refractivity contribution >= 4 is 11.9 Å². The zero-order valence-electron chi connectivity index (χ0n) is 18.5. The molecular weight excluding hydrogens is 416 g/mol. The summed E-state index contributed by atoms with van der Waals surface area (Å²) < 4.78 is 12.5. The lowest BCUT2D eigenvalue weighted by Crippen LogP contribution is -2.42. The summed E-state index contributed by atoms with van der Waals surface area (Å²) in [6, 6.07) is 24.9. The lowest BCUT2D eigenvalue weighted by atomic mass is 9.91. The number of carbonyl (C=O) groups excluding carboxylic acids is 1. The van der Waals surface area contributed by atoms with Gasteiger partial charge in [0.1, 0.15) is 17.8 Å². The molecule has 33 heavy (non-hydrogen) atoms. The van der Waals surface area contributed by atoms with Gasteiger partial charge in [0.15, 0.2) is 0 Å². The van der Waals surface area contributed by atoms with Crippen LogP contribution in [-0.2, 0) is 0 Å². The van der Waals surface area contributed by atoms with Gasteiger partial charge in [0.2, 0.25) is 5.95 Å². The van der Waals surface area contributed by atoms with Crippen molar-refractivity contribution < 1.29 is 14.3 Å². The van der Waals surface area contributed by atoms with Crippen LogP contribution in [0.3, 0.4) is 0 Å². The van der Waals surface area contributed by atoms with Gasteiger partial charge in [0, 0.05) is 5.56 Å². The molecule has 7 heteroatoms. The van der Waals surface area contributed by atoms with Gasteiger partial charge >= 0.3 is 0 Å². The van der Waals surface area contributed by atoms with Crippen LogP contribution in [0, 0.1) is 0 Å². The topological polar surface area (TPSA) is 69.5 Å². The second kappa shape index (κ2) is 8.78. The fourth-order valence-electron chi connectivity index (χ4n) is 4.38. The van der Waals surface area contributed by atoms with Crippen LogP contribution in [0.2, 0.25) is 0 Å². The molecule has 2 unspecified atom stereocenters. The Bertz CT molecular complexity index is 1250. The van der Waals surface area contributed by atoms with E-state index >= 15 is 0 Å². The smallest absolute Gasteiger partial charge is 0.261 e. The number of anilines is 1. The second-order valence-corrected chi connectivity index (χ2v) is 7.86. The molecule has 0 saturated heterocycles. The largest absolute Gasteiger partial charge is 0.497 e. The van der Waals surface area contributed by atoms with Crippen LogP contribution in [0.5, 0.6) is 11.5 Å². The number of aromatic nitrogens is 3. The van der Waals surface area contributed by atoms with Crippen LogP contribution in [0.25, 0.3) is 0 Å². The quantitative estimate of drug-likeness (QED) is 0.451. The number of benzene rings is 3. The average molecular weight is 441 g/mol. The second-order valence-electron chi connectivity index (χ2n) is 7.86. The maximum atomic E-state index is 13.8. The molecule has 1 aromatic heterocycles. The molecule has 0 N–H and O–H groups in total. The van der Waals surface area contributed by atoms with Crippen molar-refractivity contribution in [2.24, 2.45) is 0 Å². The maximum Gasteiger partial charge on any atom is 0.261 e. The normalized spacial score (nSPS) is 17.3. The first-order chi connectivity index (χ1) is 16.2. The van der Waals surface area contributed by atoms with E-state index < -0.39 is 0 Å². The maximum absolute atomic E-state index is 13.8. The van der Waals surface area contributed by atoms with Crippen LogP contribution >= 0.6 is 0 Å². The predicted molar refractivity (Wildman–Crippen MR) is 125 cm³/mol. The van der Waals surface area contributed by atoms with Gasteiger partial charge in [-0.2, -0.15) is 10.1 Å². The minimum Gasteiger partial charge on any atom is -0.497 e. The van der Waals surface area contributed by atoms with Crippen molar-refractivity contribution in [1.29, 1.82) is 0 Å². The molecule has 5 rings (SSSR count). The highest BCUT2D eigenvalue weighted by molar-refractivity contribution is 6.06. The Kier molecular flexibility index (Phi) is 5.52. The minimum absolute atomic E-state index is 0.0760. The van der Waals surface area contributed by atoms with Gasteiger partial charge < -0.3 is 9.47 Å². The van der Waals surface area contributed by atoms with Crippen molar-refractivity contribution in [2.75, 3.05) is 19.1 Å². The third-order valence-corrected chi connectivity index (χ3v) is 6.04. The highest BCUT2D eigenvalue weighted by atomic mass is 16.5. The van der Waals surface area contributed by atoms with Crippen molar-refractivity contribution in [3.05, 3.63) is 102 Å². The van der Waals surface area contributed by atoms with Gasteiger partial charge in [-0.25, -0.2) is 4.68 Å². The van der Waals surface area contributed by atoms with E-state index in [4.69, 9.17) is 9.47 Å². The Morgan fingerprint density at radius 2 is 1.58 bits per heavy atom. The molecule has 2 heterocycles. The standard InChI is InChI=1S/C26H24N4O3/c1-32-21-13-11-19(12-14-21)24-16-23(18-7-4-3-5-8-18)29(26-27-17-28-30(24)26)25(31)20-9-6-10-22(15-20)33-2/h3-15,17,23-24H,16H2,1-2H3. The van der Waals surface area contributed by atoms with Crippen molar-refractivity contribution in [2.45, 2.75) is 18.5 Å². The molecule has 0 saturated carbocycles. The number of ether oxygens (including phenoxy) is 2. The van der Waals surface area contributed by atoms with Crippen LogP contribution in [-0.4, -0.2) is 34.9 Å². The number of fused-ring (bicyclic) bond motifs is 1. The van der Waals surface area contributed by atoms with Gasteiger partial charge in [-0.15, -0.1) is 0 Å². The third kappa shape index (κ3) is 3.82. The summed E-state index contributed by atoms with van der Waals surface area (Å²) in [6.07, 6.45) is 2.16. The Labute approximate surface area is 192 Å². The average Bonchev–Trinajstić information content (AvgIpc) is 3.38. The summed E-state index contributed by atoms with van der Waals surface area (Å²) in [6.45, 7) is 0. The van der Waals surface area contributed by atoms with Crippen molar-refractivity contribution in [1.82, 2.24) is 14.8 Å². The molecular formula is C26H24N4O3. The first kappa shape index (κ1) is 20.8. The van der Waals surface area contributed by atoms with Gasteiger partial charge in [0.25, 0.3) is 5.91 Å². The third-order valence-electron chi connectivity index (χ3n) is 6.04. The Balaban J connectivity index is 1.62. The molecule has 0 bridgehead atoms. The van der Waals surface area contributed by atoms with E-state index in [1.807, 2.05) is 71.4 Å². The van der Waals surface area contributed by atoms with E-state index in [2.05, 4.69) is 10.1 Å². The monoisotopic (exact) mass is 440 g/mol. The zero-order valence-corrected chi connectivity index (χ0v) is 18.5. The van der Waals surface area contributed by atoms with Gasteiger partial charge in [-0.05, 0) is 47.9 Å². The highest BCUT2D eigenvalue weighted by Gasteiger charge is 2.39. The van der Waals surface area contributed by atoms with Crippen LogP contribution in [0.4, 0.5) is 5.95 Å². The number of hydrogen-bond acceptors (Lipinski definition) is 5. The van der Waals surface area contributed by atoms with E-state index in [0.717, 1.165) is 16.9 Å². The fourth-order valence-corrected chi connectivity index (χ4v) is 4.38. The molecule has 0 radical (unpaired) electrons.